The van der Waals surface area contributed by atoms with Crippen molar-refractivity contribution in [2.24, 2.45) is 0 Å². The molecule has 150 valence electrons. The largest absolute Gasteiger partial charge is 0.347 e. The third-order valence-corrected chi connectivity index (χ3v) is 5.84. The maximum absolute atomic E-state index is 12.8. The van der Waals surface area contributed by atoms with Gasteiger partial charge in [0.1, 0.15) is 0 Å². The topological polar surface area (TPSA) is 59.8 Å². The highest BCUT2D eigenvalue weighted by Gasteiger charge is 2.22. The van der Waals surface area contributed by atoms with Crippen molar-refractivity contribution in [3.8, 4) is 17.1 Å². The quantitative estimate of drug-likeness (QED) is 0.639. The fraction of sp³-hybridized carbons (Fsp3) is 0.348. The van der Waals surface area contributed by atoms with Crippen LogP contribution in [-0.4, -0.2) is 26.7 Å². The van der Waals surface area contributed by atoms with Crippen molar-refractivity contribution >= 4 is 17.5 Å². The molecule has 0 bridgehead atoms. The average Bonchev–Trinajstić information content (AvgIpc) is 3.17. The monoisotopic (exact) mass is 408 g/mol. The average molecular weight is 409 g/mol. The Morgan fingerprint density at radius 1 is 1.03 bits per heavy atom. The third-order valence-electron chi connectivity index (χ3n) is 5.59. The molecule has 0 unspecified atom stereocenters. The number of amides is 1. The van der Waals surface area contributed by atoms with Crippen LogP contribution in [-0.2, 0) is 0 Å². The smallest absolute Gasteiger partial charge is 0.291 e. The SMILES string of the molecule is Cc1ccc(-n2nc(C(=O)NC3CCCCC3)nc2-c2ccc(Cl)cc2)cc1C. The van der Waals surface area contributed by atoms with E-state index in [0.29, 0.717) is 10.8 Å². The van der Waals surface area contributed by atoms with E-state index in [4.69, 9.17) is 11.6 Å². The normalized spacial score (nSPS) is 14.7. The highest BCUT2D eigenvalue weighted by molar-refractivity contribution is 6.30. The predicted molar refractivity (Wildman–Crippen MR) is 116 cm³/mol. The van der Waals surface area contributed by atoms with Crippen LogP contribution in [0, 0.1) is 13.8 Å². The Labute approximate surface area is 176 Å². The summed E-state index contributed by atoms with van der Waals surface area (Å²) in [7, 11) is 0. The highest BCUT2D eigenvalue weighted by Crippen LogP contribution is 2.24. The number of hydrogen-bond donors (Lipinski definition) is 1. The van der Waals surface area contributed by atoms with Crippen LogP contribution in [0.4, 0.5) is 0 Å². The molecule has 0 aliphatic heterocycles. The van der Waals surface area contributed by atoms with Gasteiger partial charge in [-0.3, -0.25) is 4.79 Å². The summed E-state index contributed by atoms with van der Waals surface area (Å²) >= 11 is 6.05. The Hall–Kier alpha value is -2.66. The number of benzene rings is 2. The predicted octanol–water partition coefficient (Wildman–Crippen LogP) is 5.27. The summed E-state index contributed by atoms with van der Waals surface area (Å²) in [5, 5.41) is 8.34. The molecule has 3 aromatic rings. The van der Waals surface area contributed by atoms with Gasteiger partial charge < -0.3 is 5.32 Å². The molecule has 1 amide bonds. The van der Waals surface area contributed by atoms with Gasteiger partial charge in [0.2, 0.25) is 5.82 Å². The van der Waals surface area contributed by atoms with Gasteiger partial charge in [-0.2, -0.15) is 0 Å². The Bertz CT molecular complexity index is 1020. The molecule has 1 aliphatic rings. The van der Waals surface area contributed by atoms with Crippen LogP contribution in [0.25, 0.3) is 17.1 Å². The zero-order chi connectivity index (χ0) is 20.4. The molecule has 1 fully saturated rings. The Kier molecular flexibility index (Phi) is 5.67. The van der Waals surface area contributed by atoms with Crippen LogP contribution < -0.4 is 5.32 Å². The zero-order valence-corrected chi connectivity index (χ0v) is 17.5. The van der Waals surface area contributed by atoms with E-state index in [1.165, 1.54) is 12.0 Å². The van der Waals surface area contributed by atoms with E-state index < -0.39 is 0 Å². The molecule has 1 saturated carbocycles. The van der Waals surface area contributed by atoms with Gasteiger partial charge in [0.05, 0.1) is 5.69 Å². The molecule has 4 rings (SSSR count). The number of rotatable bonds is 4. The van der Waals surface area contributed by atoms with Gasteiger partial charge in [0.15, 0.2) is 5.82 Å². The minimum absolute atomic E-state index is 0.193. The lowest BCUT2D eigenvalue weighted by molar-refractivity contribution is 0.0917. The van der Waals surface area contributed by atoms with Crippen molar-refractivity contribution in [3.63, 3.8) is 0 Å². The van der Waals surface area contributed by atoms with E-state index in [-0.39, 0.29) is 17.8 Å². The minimum Gasteiger partial charge on any atom is -0.347 e. The Morgan fingerprint density at radius 3 is 2.45 bits per heavy atom. The molecule has 1 heterocycles. The van der Waals surface area contributed by atoms with E-state index in [1.807, 2.05) is 30.3 Å². The van der Waals surface area contributed by atoms with Crippen molar-refractivity contribution in [1.29, 1.82) is 0 Å². The zero-order valence-electron chi connectivity index (χ0n) is 16.8. The van der Waals surface area contributed by atoms with Gasteiger partial charge in [0, 0.05) is 16.6 Å². The van der Waals surface area contributed by atoms with Crippen LogP contribution >= 0.6 is 11.6 Å². The van der Waals surface area contributed by atoms with E-state index >= 15 is 0 Å². The van der Waals surface area contributed by atoms with Crippen molar-refractivity contribution < 1.29 is 4.79 Å². The lowest BCUT2D eigenvalue weighted by Gasteiger charge is -2.21. The van der Waals surface area contributed by atoms with Crippen LogP contribution in [0.15, 0.2) is 42.5 Å². The fourth-order valence-electron chi connectivity index (χ4n) is 3.73. The molecule has 0 atom stereocenters. The van der Waals surface area contributed by atoms with Crippen molar-refractivity contribution in [2.75, 3.05) is 0 Å². The lowest BCUT2D eigenvalue weighted by atomic mass is 9.95. The number of nitrogens with zero attached hydrogens (tertiary/aromatic N) is 3. The summed E-state index contributed by atoms with van der Waals surface area (Å²) in [4.78, 5) is 17.4. The first-order valence-electron chi connectivity index (χ1n) is 10.1. The summed E-state index contributed by atoms with van der Waals surface area (Å²) in [6.07, 6.45) is 5.60. The maximum Gasteiger partial charge on any atom is 0.291 e. The second kappa shape index (κ2) is 8.37. The molecule has 0 radical (unpaired) electrons. The van der Waals surface area contributed by atoms with Gasteiger partial charge >= 0.3 is 0 Å². The third kappa shape index (κ3) is 4.35. The molecule has 0 spiro atoms. The molecule has 1 aliphatic carbocycles. The second-order valence-corrected chi connectivity index (χ2v) is 8.19. The first-order chi connectivity index (χ1) is 14.0. The number of carbonyl (C=O) groups is 1. The number of carbonyl (C=O) groups excluding carboxylic acids is 1. The molecule has 1 aromatic heterocycles. The van der Waals surface area contributed by atoms with Gasteiger partial charge in [0.25, 0.3) is 5.91 Å². The van der Waals surface area contributed by atoms with E-state index in [1.54, 1.807) is 4.68 Å². The summed E-state index contributed by atoms with van der Waals surface area (Å²) in [6.45, 7) is 4.14. The minimum atomic E-state index is -0.213. The summed E-state index contributed by atoms with van der Waals surface area (Å²) in [6, 6.07) is 13.8. The summed E-state index contributed by atoms with van der Waals surface area (Å²) in [5.41, 5.74) is 4.10. The van der Waals surface area contributed by atoms with Crippen LogP contribution in [0.2, 0.25) is 5.02 Å². The van der Waals surface area contributed by atoms with Gasteiger partial charge in [-0.25, -0.2) is 9.67 Å². The van der Waals surface area contributed by atoms with Crippen molar-refractivity contribution in [3.05, 3.63) is 64.4 Å². The van der Waals surface area contributed by atoms with Crippen LogP contribution in [0.1, 0.15) is 53.8 Å². The number of hydrogen-bond acceptors (Lipinski definition) is 3. The molecule has 1 N–H and O–H groups in total. The first-order valence-corrected chi connectivity index (χ1v) is 10.5. The molecule has 6 heteroatoms. The summed E-state index contributed by atoms with van der Waals surface area (Å²) < 4.78 is 1.74. The van der Waals surface area contributed by atoms with Crippen LogP contribution in [0.5, 0.6) is 0 Å². The second-order valence-electron chi connectivity index (χ2n) is 7.75. The summed E-state index contributed by atoms with van der Waals surface area (Å²) in [5.74, 6) is 0.604. The van der Waals surface area contributed by atoms with E-state index in [9.17, 15) is 4.79 Å². The van der Waals surface area contributed by atoms with Crippen molar-refractivity contribution in [2.45, 2.75) is 52.0 Å². The Balaban J connectivity index is 1.72. The van der Waals surface area contributed by atoms with Crippen LogP contribution in [0.3, 0.4) is 0 Å². The lowest BCUT2D eigenvalue weighted by Crippen LogP contribution is -2.36. The fourth-order valence-corrected chi connectivity index (χ4v) is 3.85. The number of halogens is 1. The molecule has 5 nitrogen and oxygen atoms in total. The molecule has 2 aromatic carbocycles. The number of aryl methyl sites for hydroxylation is 2. The first kappa shape index (κ1) is 19.6. The maximum atomic E-state index is 12.8. The Morgan fingerprint density at radius 2 is 1.76 bits per heavy atom. The van der Waals surface area contributed by atoms with Gasteiger partial charge in [-0.15, -0.1) is 5.10 Å². The highest BCUT2D eigenvalue weighted by atomic mass is 35.5. The molecular formula is C23H25ClN4O. The number of nitrogens with one attached hydrogen (secondary N) is 1. The standard InChI is InChI=1S/C23H25ClN4O/c1-15-8-13-20(14-16(15)2)28-22(17-9-11-18(24)12-10-17)26-21(27-28)23(29)25-19-6-4-3-5-7-19/h8-14,19H,3-7H2,1-2H3,(H,25,29). The van der Waals surface area contributed by atoms with Gasteiger partial charge in [-0.05, 0) is 74.2 Å². The number of aromatic nitrogens is 3. The molecule has 0 saturated heterocycles. The van der Waals surface area contributed by atoms with E-state index in [2.05, 4.69) is 41.4 Å². The van der Waals surface area contributed by atoms with E-state index in [0.717, 1.165) is 42.5 Å². The molecular weight excluding hydrogens is 384 g/mol. The molecule has 29 heavy (non-hydrogen) atoms. The van der Waals surface area contributed by atoms with Gasteiger partial charge in [-0.1, -0.05) is 36.9 Å². The van der Waals surface area contributed by atoms with Crippen molar-refractivity contribution in [1.82, 2.24) is 20.1 Å².